The minimum atomic E-state index is 0.0165. The van der Waals surface area contributed by atoms with Crippen LogP contribution < -0.4 is 5.32 Å². The van der Waals surface area contributed by atoms with Gasteiger partial charge in [-0.05, 0) is 51.6 Å². The molecule has 0 aromatic carbocycles. The van der Waals surface area contributed by atoms with E-state index in [1.54, 1.807) is 0 Å². The largest absolute Gasteiger partial charge is 0.367 e. The molecule has 4 nitrogen and oxygen atoms in total. The molecule has 0 aromatic rings. The molecule has 0 bridgehead atoms. The Morgan fingerprint density at radius 2 is 1.87 bits per heavy atom. The molecule has 2 fully saturated rings. The van der Waals surface area contributed by atoms with Crippen molar-refractivity contribution in [3.63, 3.8) is 0 Å². The van der Waals surface area contributed by atoms with Crippen LogP contribution in [0.5, 0.6) is 0 Å². The maximum atomic E-state index is 12.6. The first-order chi connectivity index (χ1) is 11.2. The summed E-state index contributed by atoms with van der Waals surface area (Å²) in [5.74, 6) is 0.0961. The molecule has 2 aliphatic rings. The van der Waals surface area contributed by atoms with Gasteiger partial charge in [-0.3, -0.25) is 4.79 Å². The summed E-state index contributed by atoms with van der Waals surface area (Å²) in [6, 6.07) is 0. The molecule has 134 valence electrons. The topological polar surface area (TPSA) is 41.6 Å². The zero-order chi connectivity index (χ0) is 16.5. The molecule has 1 spiro atoms. The molecule has 0 radical (unpaired) electrons. The van der Waals surface area contributed by atoms with E-state index in [1.807, 2.05) is 0 Å². The van der Waals surface area contributed by atoms with Crippen molar-refractivity contribution in [2.75, 3.05) is 19.6 Å². The summed E-state index contributed by atoms with van der Waals surface area (Å²) in [6.45, 7) is 7.35. The number of unbranched alkanes of at least 4 members (excludes halogenated alkanes) is 4. The van der Waals surface area contributed by atoms with Crippen molar-refractivity contribution in [1.29, 1.82) is 0 Å². The van der Waals surface area contributed by atoms with Gasteiger partial charge in [-0.1, -0.05) is 46.0 Å². The summed E-state index contributed by atoms with van der Waals surface area (Å²) in [5, 5.41) is 5.47. The van der Waals surface area contributed by atoms with Gasteiger partial charge < -0.3 is 10.2 Å². The zero-order valence-electron chi connectivity index (χ0n) is 15.2. The van der Waals surface area contributed by atoms with E-state index in [4.69, 9.17) is 4.84 Å². The minimum Gasteiger partial charge on any atom is -0.367 e. The Kier molecular flexibility index (Phi) is 7.84. The third-order valence-corrected chi connectivity index (χ3v) is 5.75. The van der Waals surface area contributed by atoms with Gasteiger partial charge in [0.25, 0.3) is 0 Å². The zero-order valence-corrected chi connectivity index (χ0v) is 15.2. The number of hydroxylamine groups is 2. The molecule has 1 atom stereocenters. The van der Waals surface area contributed by atoms with Crippen molar-refractivity contribution in [3.8, 4) is 0 Å². The summed E-state index contributed by atoms with van der Waals surface area (Å²) in [5.41, 5.74) is 0.125. The fraction of sp³-hybridized carbons (Fsp3) is 0.947. The number of rotatable bonds is 9. The molecule has 0 aliphatic carbocycles. The van der Waals surface area contributed by atoms with Crippen LogP contribution in [0.25, 0.3) is 0 Å². The van der Waals surface area contributed by atoms with E-state index in [0.29, 0.717) is 0 Å². The van der Waals surface area contributed by atoms with Gasteiger partial charge in [0.15, 0.2) is 0 Å². The highest BCUT2D eigenvalue weighted by Gasteiger charge is 2.44. The van der Waals surface area contributed by atoms with Crippen LogP contribution in [0.1, 0.15) is 84.5 Å². The van der Waals surface area contributed by atoms with E-state index in [0.717, 1.165) is 58.2 Å². The van der Waals surface area contributed by atoms with Crippen LogP contribution in [0, 0.1) is 5.92 Å². The molecule has 2 heterocycles. The fourth-order valence-corrected chi connectivity index (χ4v) is 4.11. The molecule has 4 heteroatoms. The SMILES string of the molecule is CCCCCCCC(CC)C(=O)ON1CCCC12CCNCC2. The molecule has 0 amide bonds. The quantitative estimate of drug-likeness (QED) is 0.650. The highest BCUT2D eigenvalue weighted by Crippen LogP contribution is 2.37. The third kappa shape index (κ3) is 5.18. The summed E-state index contributed by atoms with van der Waals surface area (Å²) < 4.78 is 0. The Labute approximate surface area is 142 Å². The summed E-state index contributed by atoms with van der Waals surface area (Å²) in [7, 11) is 0. The molecule has 0 aromatic heterocycles. The van der Waals surface area contributed by atoms with Crippen LogP contribution in [0.15, 0.2) is 0 Å². The molecule has 23 heavy (non-hydrogen) atoms. The van der Waals surface area contributed by atoms with Gasteiger partial charge in [0.05, 0.1) is 11.5 Å². The normalized spacial score (nSPS) is 22.3. The first-order valence-electron chi connectivity index (χ1n) is 9.92. The second-order valence-electron chi connectivity index (χ2n) is 7.40. The van der Waals surface area contributed by atoms with Crippen LogP contribution in [-0.2, 0) is 9.63 Å². The van der Waals surface area contributed by atoms with Crippen molar-refractivity contribution >= 4 is 5.97 Å². The van der Waals surface area contributed by atoms with E-state index in [9.17, 15) is 4.79 Å². The first-order valence-corrected chi connectivity index (χ1v) is 9.92. The average Bonchev–Trinajstić information content (AvgIpc) is 2.93. The Hall–Kier alpha value is -0.610. The lowest BCUT2D eigenvalue weighted by Crippen LogP contribution is -2.51. The number of carbonyl (C=O) groups excluding carboxylic acids is 1. The van der Waals surface area contributed by atoms with Gasteiger partial charge in [0.2, 0.25) is 0 Å². The van der Waals surface area contributed by atoms with Crippen LogP contribution in [0.3, 0.4) is 0 Å². The van der Waals surface area contributed by atoms with Gasteiger partial charge in [-0.2, -0.15) is 0 Å². The lowest BCUT2D eigenvalue weighted by atomic mass is 9.87. The van der Waals surface area contributed by atoms with Gasteiger partial charge >= 0.3 is 5.97 Å². The lowest BCUT2D eigenvalue weighted by Gasteiger charge is -2.40. The fourth-order valence-electron chi connectivity index (χ4n) is 4.11. The number of hydrogen-bond acceptors (Lipinski definition) is 4. The van der Waals surface area contributed by atoms with Crippen molar-refractivity contribution in [2.45, 2.75) is 90.0 Å². The number of hydrogen-bond donors (Lipinski definition) is 1. The van der Waals surface area contributed by atoms with Crippen LogP contribution in [0.2, 0.25) is 0 Å². The van der Waals surface area contributed by atoms with Gasteiger partial charge in [0, 0.05) is 6.54 Å². The number of carbonyl (C=O) groups is 1. The Balaban J connectivity index is 1.79. The van der Waals surface area contributed by atoms with Gasteiger partial charge in [0.1, 0.15) is 0 Å². The monoisotopic (exact) mass is 324 g/mol. The van der Waals surface area contributed by atoms with Crippen LogP contribution in [-0.4, -0.2) is 36.2 Å². The second-order valence-corrected chi connectivity index (χ2v) is 7.40. The number of piperidine rings is 1. The highest BCUT2D eigenvalue weighted by atomic mass is 16.7. The molecule has 1 N–H and O–H groups in total. The van der Waals surface area contributed by atoms with E-state index in [-0.39, 0.29) is 17.4 Å². The highest BCUT2D eigenvalue weighted by molar-refractivity contribution is 5.72. The Bertz CT molecular complexity index is 353. The summed E-state index contributed by atoms with van der Waals surface area (Å²) >= 11 is 0. The smallest absolute Gasteiger partial charge is 0.328 e. The van der Waals surface area contributed by atoms with Crippen molar-refractivity contribution in [1.82, 2.24) is 10.4 Å². The van der Waals surface area contributed by atoms with E-state index < -0.39 is 0 Å². The molecular formula is C19H36N2O2. The number of nitrogens with one attached hydrogen (secondary N) is 1. The second kappa shape index (κ2) is 9.63. The maximum Gasteiger partial charge on any atom is 0.328 e. The maximum absolute atomic E-state index is 12.6. The molecule has 2 aliphatic heterocycles. The Morgan fingerprint density at radius 3 is 2.57 bits per heavy atom. The van der Waals surface area contributed by atoms with E-state index in [2.05, 4.69) is 24.2 Å². The lowest BCUT2D eigenvalue weighted by molar-refractivity contribution is -0.219. The predicted molar refractivity (Wildman–Crippen MR) is 94.0 cm³/mol. The molecule has 2 rings (SSSR count). The van der Waals surface area contributed by atoms with Gasteiger partial charge in [-0.15, -0.1) is 5.06 Å². The average molecular weight is 325 g/mol. The Morgan fingerprint density at radius 1 is 1.13 bits per heavy atom. The summed E-state index contributed by atoms with van der Waals surface area (Å²) in [6.07, 6.45) is 12.7. The molecule has 2 saturated heterocycles. The predicted octanol–water partition coefficient (Wildman–Crippen LogP) is 4.05. The van der Waals surface area contributed by atoms with Gasteiger partial charge in [-0.25, -0.2) is 0 Å². The summed E-state index contributed by atoms with van der Waals surface area (Å²) in [4.78, 5) is 18.5. The first kappa shape index (κ1) is 18.7. The van der Waals surface area contributed by atoms with Crippen LogP contribution in [0.4, 0.5) is 0 Å². The number of nitrogens with zero attached hydrogens (tertiary/aromatic N) is 1. The molecular weight excluding hydrogens is 288 g/mol. The standard InChI is InChI=1S/C19H36N2O2/c1-3-5-6-7-8-10-17(4-2)18(22)23-21-16-9-11-19(21)12-14-20-15-13-19/h17,20H,3-16H2,1-2H3. The van der Waals surface area contributed by atoms with E-state index in [1.165, 1.54) is 32.1 Å². The molecule has 1 unspecified atom stereocenters. The minimum absolute atomic E-state index is 0.0165. The van der Waals surface area contributed by atoms with Crippen molar-refractivity contribution in [3.05, 3.63) is 0 Å². The third-order valence-electron chi connectivity index (χ3n) is 5.75. The van der Waals surface area contributed by atoms with Crippen molar-refractivity contribution < 1.29 is 9.63 Å². The van der Waals surface area contributed by atoms with E-state index >= 15 is 0 Å². The van der Waals surface area contributed by atoms with Crippen molar-refractivity contribution in [2.24, 2.45) is 5.92 Å². The molecule has 0 saturated carbocycles. The van der Waals surface area contributed by atoms with Crippen LogP contribution >= 0.6 is 0 Å².